The van der Waals surface area contributed by atoms with E-state index < -0.39 is 11.9 Å². The molecule has 0 aliphatic carbocycles. The van der Waals surface area contributed by atoms with Gasteiger partial charge in [-0.1, -0.05) is 0 Å². The number of hydrogen-bond acceptors (Lipinski definition) is 2. The van der Waals surface area contributed by atoms with Gasteiger partial charge in [-0.3, -0.25) is 0 Å². The fourth-order valence-electron chi connectivity index (χ4n) is 0. The van der Waals surface area contributed by atoms with Gasteiger partial charge in [-0.05, 0) is 0 Å². The van der Waals surface area contributed by atoms with Crippen LogP contribution in [0.2, 0.25) is 0 Å². The molecular formula is C2H6BaCaO4Ti. The Bertz CT molecular complexity index is 96.1. The molecule has 0 bridgehead atoms. The Morgan fingerprint density at radius 3 is 1.22 bits per heavy atom. The Kier molecular flexibility index (Phi) is 32.8. The molecule has 0 fully saturated rings. The molecule has 46 valence electrons. The SMILES string of the molecule is O=C(O)C(=O)O.[Ba+2].[Ca+2].[H-].[H-].[H-].[H-].[Ti]. The van der Waals surface area contributed by atoms with Crippen molar-refractivity contribution in [3.05, 3.63) is 0 Å². The molecule has 0 aromatic heterocycles. The van der Waals surface area contributed by atoms with Crippen molar-refractivity contribution in [1.29, 1.82) is 0 Å². The Morgan fingerprint density at radius 1 is 1.11 bits per heavy atom. The number of carboxylic acids is 2. The van der Waals surface area contributed by atoms with Crippen LogP contribution in [0.1, 0.15) is 5.71 Å². The van der Waals surface area contributed by atoms with Gasteiger partial charge >= 0.3 is 98.6 Å². The minimum absolute atomic E-state index is 0. The van der Waals surface area contributed by atoms with Crippen LogP contribution in [0.4, 0.5) is 0 Å². The Morgan fingerprint density at radius 2 is 1.22 bits per heavy atom. The van der Waals surface area contributed by atoms with Crippen LogP contribution < -0.4 is 0 Å². The van der Waals surface area contributed by atoms with E-state index in [-0.39, 0.29) is 114 Å². The zero-order valence-electron chi connectivity index (χ0n) is 8.63. The molecule has 0 saturated carbocycles. The van der Waals surface area contributed by atoms with E-state index in [9.17, 15) is 0 Å². The molecule has 0 unspecified atom stereocenters. The minimum atomic E-state index is -1.82. The molecule has 4 nitrogen and oxygen atoms in total. The van der Waals surface area contributed by atoms with Gasteiger partial charge in [0, 0.05) is 21.7 Å². The minimum Gasteiger partial charge on any atom is -1.00 e. The molecular weight excluding hydrogens is 313 g/mol. The topological polar surface area (TPSA) is 74.6 Å². The van der Waals surface area contributed by atoms with Gasteiger partial charge in [-0.2, -0.15) is 0 Å². The normalized spacial score (nSPS) is 4.89. The number of rotatable bonds is 0. The van der Waals surface area contributed by atoms with Crippen LogP contribution in [0.3, 0.4) is 0 Å². The van der Waals surface area contributed by atoms with Crippen molar-refractivity contribution in [3.8, 4) is 0 Å². The van der Waals surface area contributed by atoms with Crippen LogP contribution >= 0.6 is 0 Å². The maximum atomic E-state index is 9.10. The zero-order chi connectivity index (χ0) is 5.15. The molecule has 0 aromatic rings. The van der Waals surface area contributed by atoms with Crippen LogP contribution in [-0.2, 0) is 31.3 Å². The van der Waals surface area contributed by atoms with Gasteiger partial charge in [0.15, 0.2) is 0 Å². The van der Waals surface area contributed by atoms with Gasteiger partial charge in [0.25, 0.3) is 0 Å². The molecule has 0 aliphatic rings. The summed E-state index contributed by atoms with van der Waals surface area (Å²) in [6, 6.07) is 0. The molecule has 0 saturated heterocycles. The summed E-state index contributed by atoms with van der Waals surface area (Å²) < 4.78 is 0. The summed E-state index contributed by atoms with van der Waals surface area (Å²) in [5.74, 6) is -3.65. The summed E-state index contributed by atoms with van der Waals surface area (Å²) >= 11 is 0. The number of carboxylic acid groups (broad SMARTS) is 2. The summed E-state index contributed by atoms with van der Waals surface area (Å²) in [5, 5.41) is 14.8. The van der Waals surface area contributed by atoms with Gasteiger partial charge in [0.2, 0.25) is 0 Å². The molecule has 2 N–H and O–H groups in total. The summed E-state index contributed by atoms with van der Waals surface area (Å²) in [6.07, 6.45) is 0. The van der Waals surface area contributed by atoms with Gasteiger partial charge in [-0.25, -0.2) is 9.59 Å². The monoisotopic (exact) mass is 320 g/mol. The molecule has 0 atom stereocenters. The van der Waals surface area contributed by atoms with Gasteiger partial charge in [-0.15, -0.1) is 0 Å². The molecule has 0 heterocycles. The van der Waals surface area contributed by atoms with Crippen molar-refractivity contribution in [1.82, 2.24) is 0 Å². The van der Waals surface area contributed by atoms with Crippen LogP contribution in [0.5, 0.6) is 0 Å². The first kappa shape index (κ1) is 22.5. The summed E-state index contributed by atoms with van der Waals surface area (Å²) in [5.41, 5.74) is 0. The second-order valence-corrected chi connectivity index (χ2v) is 0.610. The van der Waals surface area contributed by atoms with Crippen LogP contribution in [0, 0.1) is 0 Å². The van der Waals surface area contributed by atoms with E-state index in [2.05, 4.69) is 0 Å². The standard InChI is InChI=1S/C2H2O4.Ba.Ca.Ti.4H/c3-1(4)2(5)6;;;;;;;/h(H,3,4)(H,5,6);;;;;;;/q;2*+2;;4*-1. The number of hydrogen-bond donors (Lipinski definition) is 2. The molecule has 9 heavy (non-hydrogen) atoms. The second-order valence-electron chi connectivity index (χ2n) is 0.610. The predicted molar refractivity (Wildman–Crippen MR) is 31.2 cm³/mol. The first-order valence-electron chi connectivity index (χ1n) is 1.11. The van der Waals surface area contributed by atoms with Crippen molar-refractivity contribution < 1.29 is 47.2 Å². The molecule has 0 amide bonds. The summed E-state index contributed by atoms with van der Waals surface area (Å²) in [7, 11) is 0. The second kappa shape index (κ2) is 13.1. The van der Waals surface area contributed by atoms with E-state index in [1.54, 1.807) is 0 Å². The maximum Gasteiger partial charge on any atom is 2.00 e. The van der Waals surface area contributed by atoms with Crippen molar-refractivity contribution in [2.45, 2.75) is 0 Å². The molecule has 7 heteroatoms. The van der Waals surface area contributed by atoms with E-state index in [1.807, 2.05) is 0 Å². The molecule has 0 radical (unpaired) electrons. The molecule has 0 aromatic carbocycles. The van der Waals surface area contributed by atoms with Crippen molar-refractivity contribution in [2.24, 2.45) is 0 Å². The van der Waals surface area contributed by atoms with Crippen molar-refractivity contribution in [2.75, 3.05) is 0 Å². The number of aliphatic carboxylic acids is 2. The van der Waals surface area contributed by atoms with E-state index in [4.69, 9.17) is 19.8 Å². The average molecular weight is 319 g/mol. The Labute approximate surface area is 143 Å². The van der Waals surface area contributed by atoms with Crippen molar-refractivity contribution in [3.63, 3.8) is 0 Å². The molecule has 0 rings (SSSR count). The van der Waals surface area contributed by atoms with Crippen LogP contribution in [-0.4, -0.2) is 109 Å². The summed E-state index contributed by atoms with van der Waals surface area (Å²) in [6.45, 7) is 0. The van der Waals surface area contributed by atoms with E-state index >= 15 is 0 Å². The fraction of sp³-hybridized carbons (Fsp3) is 0. The molecule has 0 aliphatic heterocycles. The Hall–Kier alpha value is 2.49. The first-order valence-corrected chi connectivity index (χ1v) is 1.11. The van der Waals surface area contributed by atoms with Crippen molar-refractivity contribution >= 4 is 98.6 Å². The van der Waals surface area contributed by atoms with Gasteiger partial charge in [0.1, 0.15) is 0 Å². The molecule has 0 spiro atoms. The van der Waals surface area contributed by atoms with Crippen LogP contribution in [0.25, 0.3) is 0 Å². The third-order valence-electron chi connectivity index (χ3n) is 0.183. The predicted octanol–water partition coefficient (Wildman–Crippen LogP) is -1.16. The van der Waals surface area contributed by atoms with Gasteiger partial charge in [0.05, 0.1) is 0 Å². The van der Waals surface area contributed by atoms with E-state index in [0.29, 0.717) is 0 Å². The quantitative estimate of drug-likeness (QED) is 0.436. The van der Waals surface area contributed by atoms with E-state index in [1.165, 1.54) is 0 Å². The van der Waals surface area contributed by atoms with Crippen LogP contribution in [0.15, 0.2) is 0 Å². The fourth-order valence-corrected chi connectivity index (χ4v) is 0. The third kappa shape index (κ3) is 17.9. The average Bonchev–Trinajstić information content (AvgIpc) is 1.36. The maximum absolute atomic E-state index is 9.10. The first-order chi connectivity index (χ1) is 2.64. The number of carbonyl (C=O) groups is 2. The van der Waals surface area contributed by atoms with Gasteiger partial charge < -0.3 is 15.9 Å². The smallest absolute Gasteiger partial charge is 1.00 e. The largest absolute Gasteiger partial charge is 2.00 e. The van der Waals surface area contributed by atoms with E-state index in [0.717, 1.165) is 0 Å². The zero-order valence-corrected chi connectivity index (χ0v) is 12.8. The Balaban J connectivity index is -0.00000000595. The third-order valence-corrected chi connectivity index (χ3v) is 0.183. The summed E-state index contributed by atoms with van der Waals surface area (Å²) in [4.78, 5) is 18.2.